The lowest BCUT2D eigenvalue weighted by Crippen LogP contribution is -2.07. The van der Waals surface area contributed by atoms with Crippen molar-refractivity contribution in [2.24, 2.45) is 0 Å². The summed E-state index contributed by atoms with van der Waals surface area (Å²) >= 11 is 2.19. The van der Waals surface area contributed by atoms with Gasteiger partial charge in [0.15, 0.2) is 0 Å². The molecule has 0 bridgehead atoms. The van der Waals surface area contributed by atoms with Gasteiger partial charge in [0.05, 0.1) is 10.5 Å². The van der Waals surface area contributed by atoms with Gasteiger partial charge in [-0.05, 0) is 71.1 Å². The maximum atomic E-state index is 12.0. The van der Waals surface area contributed by atoms with Crippen LogP contribution in [0.25, 0.3) is 17.4 Å². The van der Waals surface area contributed by atoms with Crippen molar-refractivity contribution in [1.82, 2.24) is 0 Å². The summed E-state index contributed by atoms with van der Waals surface area (Å²) in [5.41, 5.74) is 1.05. The van der Waals surface area contributed by atoms with Crippen molar-refractivity contribution in [3.05, 3.63) is 86.2 Å². The zero-order chi connectivity index (χ0) is 18.5. The van der Waals surface area contributed by atoms with E-state index in [2.05, 4.69) is 27.9 Å². The average Bonchev–Trinajstić information content (AvgIpc) is 3.11. The summed E-state index contributed by atoms with van der Waals surface area (Å²) < 4.78 is 6.68. The van der Waals surface area contributed by atoms with Crippen molar-refractivity contribution >= 4 is 45.9 Å². The molecule has 6 nitrogen and oxygen atoms in total. The van der Waals surface area contributed by atoms with Gasteiger partial charge >= 0.3 is 0 Å². The molecule has 1 heterocycles. The number of benzene rings is 2. The molecule has 0 atom stereocenters. The first-order valence-corrected chi connectivity index (χ1v) is 8.69. The summed E-state index contributed by atoms with van der Waals surface area (Å²) in [5, 5.41) is 13.8. The van der Waals surface area contributed by atoms with E-state index in [9.17, 15) is 14.9 Å². The second-order valence-corrected chi connectivity index (χ2v) is 6.55. The fraction of sp³-hybridized carbons (Fsp3) is 0. The summed E-state index contributed by atoms with van der Waals surface area (Å²) in [5.74, 6) is 0.501. The van der Waals surface area contributed by atoms with E-state index in [4.69, 9.17) is 4.42 Å². The van der Waals surface area contributed by atoms with Crippen LogP contribution in [0.15, 0.2) is 71.2 Å². The van der Waals surface area contributed by atoms with Crippen molar-refractivity contribution in [2.45, 2.75) is 0 Å². The number of para-hydroxylation sites is 1. The van der Waals surface area contributed by atoms with Gasteiger partial charge in [-0.3, -0.25) is 14.9 Å². The van der Waals surface area contributed by atoms with Gasteiger partial charge in [-0.2, -0.15) is 0 Å². The molecular weight excluding hydrogens is 447 g/mol. The lowest BCUT2D eigenvalue weighted by molar-refractivity contribution is -0.384. The lowest BCUT2D eigenvalue weighted by atomic mass is 10.1. The molecule has 130 valence electrons. The van der Waals surface area contributed by atoms with Crippen LogP contribution < -0.4 is 5.32 Å². The van der Waals surface area contributed by atoms with Gasteiger partial charge in [0.25, 0.3) is 5.69 Å². The first-order valence-electron chi connectivity index (χ1n) is 7.61. The third kappa shape index (κ3) is 4.37. The molecule has 7 heteroatoms. The molecule has 0 fully saturated rings. The summed E-state index contributed by atoms with van der Waals surface area (Å²) in [6, 6.07) is 17.0. The highest BCUT2D eigenvalue weighted by Crippen LogP contribution is 2.31. The molecule has 0 saturated carbocycles. The van der Waals surface area contributed by atoms with Crippen LogP contribution in [0.5, 0.6) is 0 Å². The average molecular weight is 460 g/mol. The lowest BCUT2D eigenvalue weighted by Gasteiger charge is -2.01. The number of furan rings is 1. The number of nitrogens with one attached hydrogen (secondary N) is 1. The number of carbonyl (C=O) groups is 1. The van der Waals surface area contributed by atoms with E-state index in [1.807, 2.05) is 24.3 Å². The Hall–Kier alpha value is -2.94. The quantitative estimate of drug-likeness (QED) is 0.248. The Bertz CT molecular complexity index is 977. The second kappa shape index (κ2) is 7.96. The van der Waals surface area contributed by atoms with E-state index >= 15 is 0 Å². The monoisotopic (exact) mass is 460 g/mol. The van der Waals surface area contributed by atoms with Crippen LogP contribution in [0, 0.1) is 13.7 Å². The second-order valence-electron chi connectivity index (χ2n) is 5.31. The Kier molecular flexibility index (Phi) is 5.47. The molecule has 3 aromatic rings. The number of nitro benzene ring substituents is 1. The molecule has 0 aliphatic rings. The number of nitro groups is 1. The highest BCUT2D eigenvalue weighted by Gasteiger charge is 2.16. The summed E-state index contributed by atoms with van der Waals surface area (Å²) in [7, 11) is 0. The molecule has 1 N–H and O–H groups in total. The predicted octanol–water partition coefficient (Wildman–Crippen LogP) is 5.11. The number of amides is 1. The number of nitrogens with zero attached hydrogens (tertiary/aromatic N) is 1. The Morgan fingerprint density at radius 3 is 2.54 bits per heavy atom. The van der Waals surface area contributed by atoms with Crippen LogP contribution in [0.4, 0.5) is 11.4 Å². The van der Waals surface area contributed by atoms with Gasteiger partial charge in [0.2, 0.25) is 5.91 Å². The minimum atomic E-state index is -0.456. The zero-order valence-corrected chi connectivity index (χ0v) is 15.5. The first kappa shape index (κ1) is 17.9. The van der Waals surface area contributed by atoms with Gasteiger partial charge < -0.3 is 9.73 Å². The van der Waals surface area contributed by atoms with Gasteiger partial charge in [-0.1, -0.05) is 12.1 Å². The van der Waals surface area contributed by atoms with Gasteiger partial charge in [0, 0.05) is 21.4 Å². The Morgan fingerprint density at radius 2 is 1.81 bits per heavy atom. The van der Waals surface area contributed by atoms with E-state index in [0.29, 0.717) is 22.8 Å². The molecule has 0 radical (unpaired) electrons. The largest absolute Gasteiger partial charge is 0.456 e. The van der Waals surface area contributed by atoms with Crippen LogP contribution in [0.3, 0.4) is 0 Å². The van der Waals surface area contributed by atoms with Gasteiger partial charge in [-0.25, -0.2) is 0 Å². The minimum Gasteiger partial charge on any atom is -0.456 e. The fourth-order valence-corrected chi connectivity index (χ4v) is 2.66. The molecule has 1 amide bonds. The van der Waals surface area contributed by atoms with Crippen LogP contribution >= 0.6 is 22.6 Å². The van der Waals surface area contributed by atoms with E-state index in [0.717, 1.165) is 3.57 Å². The van der Waals surface area contributed by atoms with Crippen molar-refractivity contribution < 1.29 is 14.1 Å². The number of carbonyl (C=O) groups excluding carboxylic acids is 1. The third-order valence-corrected chi connectivity index (χ3v) is 4.22. The minimum absolute atomic E-state index is 0.0335. The number of rotatable bonds is 5. The van der Waals surface area contributed by atoms with Crippen molar-refractivity contribution in [3.63, 3.8) is 0 Å². The van der Waals surface area contributed by atoms with Gasteiger partial charge in [-0.15, -0.1) is 0 Å². The molecule has 2 aromatic carbocycles. The summed E-state index contributed by atoms with van der Waals surface area (Å²) in [4.78, 5) is 22.6. The molecule has 0 spiro atoms. The smallest absolute Gasteiger partial charge is 0.280 e. The van der Waals surface area contributed by atoms with Crippen LogP contribution in [0.1, 0.15) is 5.76 Å². The summed E-state index contributed by atoms with van der Waals surface area (Å²) in [6.45, 7) is 0. The van der Waals surface area contributed by atoms with Crippen LogP contribution in [-0.4, -0.2) is 10.8 Å². The van der Waals surface area contributed by atoms with Crippen molar-refractivity contribution in [2.75, 3.05) is 5.32 Å². The number of hydrogen-bond donors (Lipinski definition) is 1. The SMILES string of the molecule is O=C(/C=C/c1ccc(-c2ccccc2[N+](=O)[O-])o1)Nc1ccc(I)cc1. The summed E-state index contributed by atoms with van der Waals surface area (Å²) in [6.07, 6.45) is 2.86. The molecule has 0 aliphatic heterocycles. The molecule has 1 aromatic heterocycles. The normalized spacial score (nSPS) is 10.8. The van der Waals surface area contributed by atoms with Crippen LogP contribution in [0.2, 0.25) is 0 Å². The Labute approximate surface area is 162 Å². The molecular formula is C19H13IN2O4. The standard InChI is InChI=1S/C19H13IN2O4/c20-13-5-7-14(8-6-13)21-19(23)12-10-15-9-11-18(26-15)16-3-1-2-4-17(16)22(24)25/h1-12H,(H,21,23)/b12-10+. The molecule has 26 heavy (non-hydrogen) atoms. The maximum absolute atomic E-state index is 12.0. The maximum Gasteiger partial charge on any atom is 0.280 e. The number of halogens is 1. The van der Waals surface area contributed by atoms with Gasteiger partial charge in [0.1, 0.15) is 11.5 Å². The number of hydrogen-bond acceptors (Lipinski definition) is 4. The van der Waals surface area contributed by atoms with E-state index < -0.39 is 4.92 Å². The van der Waals surface area contributed by atoms with E-state index in [1.165, 1.54) is 18.2 Å². The van der Waals surface area contributed by atoms with E-state index in [1.54, 1.807) is 30.3 Å². The fourth-order valence-electron chi connectivity index (χ4n) is 2.30. The topological polar surface area (TPSA) is 85.4 Å². The molecule has 0 unspecified atom stereocenters. The van der Waals surface area contributed by atoms with E-state index in [-0.39, 0.29) is 11.6 Å². The van der Waals surface area contributed by atoms with Crippen LogP contribution in [-0.2, 0) is 4.79 Å². The molecule has 0 saturated heterocycles. The van der Waals surface area contributed by atoms with Crippen molar-refractivity contribution in [1.29, 1.82) is 0 Å². The predicted molar refractivity (Wildman–Crippen MR) is 108 cm³/mol. The Balaban J connectivity index is 1.72. The first-order chi connectivity index (χ1) is 12.5. The third-order valence-electron chi connectivity index (χ3n) is 3.50. The zero-order valence-electron chi connectivity index (χ0n) is 13.4. The number of anilines is 1. The molecule has 0 aliphatic carbocycles. The highest BCUT2D eigenvalue weighted by molar-refractivity contribution is 14.1. The van der Waals surface area contributed by atoms with Crippen molar-refractivity contribution in [3.8, 4) is 11.3 Å². The highest BCUT2D eigenvalue weighted by atomic mass is 127. The Morgan fingerprint density at radius 1 is 1.08 bits per heavy atom. The molecule has 3 rings (SSSR count).